The number of halogens is 3. The van der Waals surface area contributed by atoms with E-state index in [4.69, 9.17) is 23.7 Å². The van der Waals surface area contributed by atoms with Crippen LogP contribution in [0.4, 0.5) is 13.2 Å². The number of hydrogen-bond acceptors (Lipinski definition) is 9. The first kappa shape index (κ1) is 33.2. The van der Waals surface area contributed by atoms with Gasteiger partial charge in [0.2, 0.25) is 0 Å². The fourth-order valence-electron chi connectivity index (χ4n) is 7.50. The molecule has 48 heavy (non-hydrogen) atoms. The van der Waals surface area contributed by atoms with Crippen LogP contribution in [0, 0.1) is 11.3 Å². The molecule has 1 saturated heterocycles. The number of methoxy groups -OCH3 is 4. The fraction of sp³-hybridized carbons (Fsp3) is 0.389. The maximum absolute atomic E-state index is 13.0. The SMILES string of the molecule is COc1cc2c(cc1OC)[C@@H]1[C@@H]3Cc4cc(OC)c(OC)cc4[C@H](COC(=O)/C=C/c4ccc(C(F)(F)F)cc4)N3[C@@H](C#N)[C@H](C2)N1C. The van der Waals surface area contributed by atoms with Gasteiger partial charge >= 0.3 is 12.1 Å². The van der Waals surface area contributed by atoms with Crippen molar-refractivity contribution in [3.63, 3.8) is 0 Å². The van der Waals surface area contributed by atoms with Crippen molar-refractivity contribution in [3.8, 4) is 29.1 Å². The van der Waals surface area contributed by atoms with Gasteiger partial charge in [-0.2, -0.15) is 18.4 Å². The summed E-state index contributed by atoms with van der Waals surface area (Å²) in [5.74, 6) is 1.66. The molecule has 12 heteroatoms. The lowest BCUT2D eigenvalue weighted by atomic mass is 9.72. The molecule has 252 valence electrons. The number of likely N-dealkylation sites (N-methyl/N-ethyl adjacent to an activating group) is 1. The van der Waals surface area contributed by atoms with Crippen LogP contribution < -0.4 is 18.9 Å². The van der Waals surface area contributed by atoms with E-state index in [-0.39, 0.29) is 24.7 Å². The number of carbonyl (C=O) groups excluding carboxylic acids is 1. The van der Waals surface area contributed by atoms with Crippen molar-refractivity contribution in [1.82, 2.24) is 9.80 Å². The Morgan fingerprint density at radius 1 is 0.875 bits per heavy atom. The minimum Gasteiger partial charge on any atom is -0.493 e. The Morgan fingerprint density at radius 2 is 1.42 bits per heavy atom. The summed E-state index contributed by atoms with van der Waals surface area (Å²) in [5, 5.41) is 10.7. The number of hydrogen-bond donors (Lipinski definition) is 0. The van der Waals surface area contributed by atoms with Crippen LogP contribution in [0.3, 0.4) is 0 Å². The lowest BCUT2D eigenvalue weighted by Crippen LogP contribution is -2.68. The van der Waals surface area contributed by atoms with Gasteiger partial charge < -0.3 is 23.7 Å². The molecule has 3 aromatic carbocycles. The highest BCUT2D eigenvalue weighted by molar-refractivity contribution is 5.87. The van der Waals surface area contributed by atoms with Crippen LogP contribution in [0.15, 0.2) is 54.6 Å². The van der Waals surface area contributed by atoms with Crippen LogP contribution in [-0.4, -0.2) is 76.0 Å². The largest absolute Gasteiger partial charge is 0.493 e. The highest BCUT2D eigenvalue weighted by atomic mass is 19.4. The van der Waals surface area contributed by atoms with Gasteiger partial charge in [0.15, 0.2) is 23.0 Å². The molecule has 0 amide bonds. The molecule has 0 aliphatic carbocycles. The molecule has 3 aliphatic heterocycles. The second kappa shape index (κ2) is 13.1. The quantitative estimate of drug-likeness (QED) is 0.220. The summed E-state index contributed by atoms with van der Waals surface area (Å²) in [6, 6.07) is 13.4. The molecule has 3 aliphatic rings. The van der Waals surface area contributed by atoms with E-state index >= 15 is 0 Å². The number of alkyl halides is 3. The molecule has 5 atom stereocenters. The van der Waals surface area contributed by atoms with Crippen molar-refractivity contribution in [3.05, 3.63) is 88.0 Å². The predicted molar refractivity (Wildman–Crippen MR) is 170 cm³/mol. The van der Waals surface area contributed by atoms with Crippen LogP contribution in [0.25, 0.3) is 6.08 Å². The van der Waals surface area contributed by atoms with Gasteiger partial charge in [-0.3, -0.25) is 9.80 Å². The third-order valence-corrected chi connectivity index (χ3v) is 9.75. The van der Waals surface area contributed by atoms with Gasteiger partial charge in [0.1, 0.15) is 12.6 Å². The van der Waals surface area contributed by atoms with Crippen LogP contribution >= 0.6 is 0 Å². The number of rotatable bonds is 8. The second-order valence-corrected chi connectivity index (χ2v) is 12.1. The Balaban J connectivity index is 1.37. The molecule has 0 aromatic heterocycles. The molecule has 9 nitrogen and oxygen atoms in total. The number of ether oxygens (including phenoxy) is 5. The molecular weight excluding hydrogens is 627 g/mol. The standard InChI is InChI=1S/C36H36F3N3O6/c1-41-26-12-22-15-31(45-3)33(47-5)17-25(22)35(41)27-13-21-14-30(44-2)32(46-4)16-24(21)29(42(27)28(26)18-40)19-48-34(43)11-8-20-6-9-23(10-7-20)36(37,38)39/h6-11,14-17,26-29,35H,12-13,19H2,1-5H3/b11-8+/t26-,27-,28-,29-,35+/m0/s1. The van der Waals surface area contributed by atoms with Gasteiger partial charge in [-0.25, -0.2) is 4.79 Å². The van der Waals surface area contributed by atoms with Gasteiger partial charge in [0, 0.05) is 18.2 Å². The van der Waals surface area contributed by atoms with Gasteiger partial charge in [-0.1, -0.05) is 12.1 Å². The van der Waals surface area contributed by atoms with Crippen molar-refractivity contribution in [2.45, 2.75) is 49.2 Å². The Morgan fingerprint density at radius 3 is 1.98 bits per heavy atom. The minimum absolute atomic E-state index is 0.0741. The van der Waals surface area contributed by atoms with Gasteiger partial charge in [-0.15, -0.1) is 0 Å². The van der Waals surface area contributed by atoms with Crippen molar-refractivity contribution < 1.29 is 41.7 Å². The van der Waals surface area contributed by atoms with Gasteiger partial charge in [-0.05, 0) is 90.2 Å². The zero-order valence-corrected chi connectivity index (χ0v) is 27.2. The van der Waals surface area contributed by atoms with Crippen molar-refractivity contribution >= 4 is 12.0 Å². The highest BCUT2D eigenvalue weighted by Gasteiger charge is 2.54. The predicted octanol–water partition coefficient (Wildman–Crippen LogP) is 5.77. The number of esters is 1. The first-order valence-electron chi connectivity index (χ1n) is 15.4. The normalized spacial score (nSPS) is 23.4. The number of fused-ring (bicyclic) bond motifs is 7. The lowest BCUT2D eigenvalue weighted by Gasteiger charge is -2.59. The third-order valence-electron chi connectivity index (χ3n) is 9.75. The van der Waals surface area contributed by atoms with Crippen LogP contribution in [0.2, 0.25) is 0 Å². The molecule has 2 bridgehead atoms. The van der Waals surface area contributed by atoms with Gasteiger partial charge in [0.25, 0.3) is 0 Å². The average Bonchev–Trinajstić information content (AvgIpc) is 3.08. The number of nitrogens with zero attached hydrogens (tertiary/aromatic N) is 3. The summed E-state index contributed by atoms with van der Waals surface area (Å²) >= 11 is 0. The number of piperazine rings is 1. The average molecular weight is 664 g/mol. The molecule has 0 N–H and O–H groups in total. The topological polar surface area (TPSA) is 93.5 Å². The van der Waals surface area contributed by atoms with Crippen molar-refractivity contribution in [2.24, 2.45) is 0 Å². The molecule has 1 fully saturated rings. The van der Waals surface area contributed by atoms with Crippen molar-refractivity contribution in [2.75, 3.05) is 42.1 Å². The molecule has 3 aromatic rings. The second-order valence-electron chi connectivity index (χ2n) is 12.1. The maximum Gasteiger partial charge on any atom is 0.416 e. The van der Waals surface area contributed by atoms with Crippen molar-refractivity contribution in [1.29, 1.82) is 5.26 Å². The van der Waals surface area contributed by atoms with E-state index in [9.17, 15) is 23.2 Å². The van der Waals surface area contributed by atoms with E-state index < -0.39 is 29.8 Å². The maximum atomic E-state index is 13.0. The van der Waals surface area contributed by atoms with Gasteiger partial charge in [0.05, 0.1) is 52.2 Å². The third kappa shape index (κ3) is 5.82. The number of benzene rings is 3. The Hall–Kier alpha value is -4.73. The first-order chi connectivity index (χ1) is 23.0. The zero-order chi connectivity index (χ0) is 34.3. The number of carbonyl (C=O) groups is 1. The summed E-state index contributed by atoms with van der Waals surface area (Å²) in [6.45, 7) is -0.0741. The first-order valence-corrected chi connectivity index (χ1v) is 15.4. The summed E-state index contributed by atoms with van der Waals surface area (Å²) in [4.78, 5) is 17.5. The van der Waals surface area contributed by atoms with Crippen LogP contribution in [0.5, 0.6) is 23.0 Å². The summed E-state index contributed by atoms with van der Waals surface area (Å²) in [7, 11) is 8.37. The Labute approximate surface area is 277 Å². The molecule has 0 spiro atoms. The van der Waals surface area contributed by atoms with E-state index in [1.165, 1.54) is 24.3 Å². The highest BCUT2D eigenvalue weighted by Crippen LogP contribution is 2.52. The number of nitriles is 1. The van der Waals surface area contributed by atoms with E-state index in [0.29, 0.717) is 41.4 Å². The summed E-state index contributed by atoms with van der Waals surface area (Å²) in [5.41, 5.74) is 3.66. The minimum atomic E-state index is -4.45. The van der Waals surface area contributed by atoms with E-state index in [1.54, 1.807) is 28.4 Å². The summed E-state index contributed by atoms with van der Waals surface area (Å²) in [6.07, 6.45) is -0.668. The molecule has 3 heterocycles. The van der Waals surface area contributed by atoms with E-state index in [0.717, 1.165) is 34.4 Å². The molecule has 6 rings (SSSR count). The van der Waals surface area contributed by atoms with Crippen LogP contribution in [0.1, 0.15) is 45.5 Å². The van der Waals surface area contributed by atoms with E-state index in [1.807, 2.05) is 31.3 Å². The monoisotopic (exact) mass is 663 g/mol. The van der Waals surface area contributed by atoms with Crippen LogP contribution in [-0.2, 0) is 28.5 Å². The molecule has 0 unspecified atom stereocenters. The van der Waals surface area contributed by atoms with E-state index in [2.05, 4.69) is 15.9 Å². The molecular formula is C36H36F3N3O6. The lowest BCUT2D eigenvalue weighted by molar-refractivity contribution is -0.143. The molecule has 0 saturated carbocycles. The Kier molecular flexibility index (Phi) is 9.02. The summed E-state index contributed by atoms with van der Waals surface area (Å²) < 4.78 is 67.3. The Bertz CT molecular complexity index is 1770. The smallest absolute Gasteiger partial charge is 0.416 e. The molecule has 0 radical (unpaired) electrons. The zero-order valence-electron chi connectivity index (χ0n) is 27.2. The fourth-order valence-corrected chi connectivity index (χ4v) is 7.50.